The van der Waals surface area contributed by atoms with Crippen LogP contribution < -0.4 is 4.74 Å². The number of β-amino-alcohol motifs (C(OH)–C–C–N with tert-alkyl or cyclic N) is 1. The number of aliphatic hydroxyl groups excluding tert-OH is 1. The van der Waals surface area contributed by atoms with Gasteiger partial charge < -0.3 is 9.84 Å². The number of piperazine rings is 1. The van der Waals surface area contributed by atoms with E-state index in [9.17, 15) is 13.5 Å². The van der Waals surface area contributed by atoms with Gasteiger partial charge in [0.15, 0.2) is 0 Å². The molecule has 1 aliphatic rings. The van der Waals surface area contributed by atoms with Gasteiger partial charge in [0.05, 0.1) is 0 Å². The lowest BCUT2D eigenvalue weighted by atomic mass is 10.1. The number of hydrogen-bond acceptors (Lipinski definition) is 5. The zero-order valence-electron chi connectivity index (χ0n) is 17.6. The van der Waals surface area contributed by atoms with Crippen molar-refractivity contribution in [2.45, 2.75) is 20.0 Å². The Morgan fingerprint density at radius 1 is 1.07 bits per heavy atom. The van der Waals surface area contributed by atoms with Gasteiger partial charge in [-0.15, -0.1) is 0 Å². The Balaban J connectivity index is 1.45. The predicted molar refractivity (Wildman–Crippen MR) is 120 cm³/mol. The number of aryl methyl sites for hydroxylation is 2. The van der Waals surface area contributed by atoms with Crippen molar-refractivity contribution in [1.82, 2.24) is 9.21 Å². The van der Waals surface area contributed by atoms with Crippen LogP contribution in [0.4, 0.5) is 0 Å². The van der Waals surface area contributed by atoms with Crippen molar-refractivity contribution in [1.29, 1.82) is 0 Å². The predicted octanol–water partition coefficient (Wildman–Crippen LogP) is 2.66. The van der Waals surface area contributed by atoms with E-state index in [1.807, 2.05) is 62.4 Å². The van der Waals surface area contributed by atoms with Gasteiger partial charge in [-0.05, 0) is 37.1 Å². The normalized spacial score (nSPS) is 17.3. The molecular weight excluding hydrogens is 400 g/mol. The van der Waals surface area contributed by atoms with Crippen LogP contribution >= 0.6 is 0 Å². The summed E-state index contributed by atoms with van der Waals surface area (Å²) in [6, 6.07) is 15.3. The number of sulfonamides is 1. The third kappa shape index (κ3) is 6.40. The lowest BCUT2D eigenvalue weighted by Crippen LogP contribution is -2.50. The van der Waals surface area contributed by atoms with Gasteiger partial charge in [0.25, 0.3) is 0 Å². The average Bonchev–Trinajstić information content (AvgIpc) is 2.73. The molecule has 1 heterocycles. The molecule has 162 valence electrons. The SMILES string of the molecule is Cc1ccc(OCC(O)CN2CCN(S(=O)(=O)/C=C/c3ccccc3)CC2)c(C)c1. The lowest BCUT2D eigenvalue weighted by molar-refractivity contribution is 0.0568. The van der Waals surface area contributed by atoms with Gasteiger partial charge in [0.2, 0.25) is 10.0 Å². The molecule has 1 saturated heterocycles. The van der Waals surface area contributed by atoms with Crippen LogP contribution in [0.3, 0.4) is 0 Å². The summed E-state index contributed by atoms with van der Waals surface area (Å²) >= 11 is 0. The van der Waals surface area contributed by atoms with Crippen LogP contribution in [-0.2, 0) is 10.0 Å². The molecule has 0 aliphatic carbocycles. The highest BCUT2D eigenvalue weighted by Gasteiger charge is 2.26. The third-order valence-electron chi connectivity index (χ3n) is 5.15. The number of rotatable bonds is 8. The molecule has 0 spiro atoms. The molecule has 1 N–H and O–H groups in total. The highest BCUT2D eigenvalue weighted by atomic mass is 32.2. The van der Waals surface area contributed by atoms with E-state index in [1.54, 1.807) is 6.08 Å². The quantitative estimate of drug-likeness (QED) is 0.697. The van der Waals surface area contributed by atoms with Gasteiger partial charge in [-0.1, -0.05) is 48.0 Å². The second-order valence-corrected chi connectivity index (χ2v) is 9.51. The zero-order valence-corrected chi connectivity index (χ0v) is 18.4. The van der Waals surface area contributed by atoms with Crippen molar-refractivity contribution in [3.05, 3.63) is 70.6 Å². The largest absolute Gasteiger partial charge is 0.491 e. The van der Waals surface area contributed by atoms with Crippen molar-refractivity contribution in [2.24, 2.45) is 0 Å². The molecule has 3 rings (SSSR count). The van der Waals surface area contributed by atoms with E-state index in [4.69, 9.17) is 4.74 Å². The first-order valence-electron chi connectivity index (χ1n) is 10.2. The van der Waals surface area contributed by atoms with Gasteiger partial charge in [0, 0.05) is 38.1 Å². The van der Waals surface area contributed by atoms with Gasteiger partial charge in [-0.3, -0.25) is 4.90 Å². The van der Waals surface area contributed by atoms with Crippen LogP contribution in [0.2, 0.25) is 0 Å². The van der Waals surface area contributed by atoms with Gasteiger partial charge in [0.1, 0.15) is 18.5 Å². The minimum Gasteiger partial charge on any atom is -0.491 e. The molecular formula is C23H30N2O4S. The van der Waals surface area contributed by atoms with Crippen molar-refractivity contribution < 1.29 is 18.3 Å². The van der Waals surface area contributed by atoms with Gasteiger partial charge in [-0.2, -0.15) is 4.31 Å². The van der Waals surface area contributed by atoms with E-state index in [0.717, 1.165) is 16.9 Å². The van der Waals surface area contributed by atoms with Gasteiger partial charge in [-0.25, -0.2) is 8.42 Å². The van der Waals surface area contributed by atoms with Crippen LogP contribution in [0.1, 0.15) is 16.7 Å². The number of benzene rings is 2. The summed E-state index contributed by atoms with van der Waals surface area (Å²) < 4.78 is 32.3. The summed E-state index contributed by atoms with van der Waals surface area (Å²) in [6.07, 6.45) is 0.988. The fourth-order valence-corrected chi connectivity index (χ4v) is 4.65. The van der Waals surface area contributed by atoms with Crippen molar-refractivity contribution in [3.63, 3.8) is 0 Å². The number of nitrogens with zero attached hydrogens (tertiary/aromatic N) is 2. The van der Waals surface area contributed by atoms with Crippen LogP contribution in [0.15, 0.2) is 53.9 Å². The smallest absolute Gasteiger partial charge is 0.236 e. The molecule has 2 aromatic carbocycles. The first-order valence-corrected chi connectivity index (χ1v) is 11.7. The molecule has 1 unspecified atom stereocenters. The summed E-state index contributed by atoms with van der Waals surface area (Å²) in [5.41, 5.74) is 3.07. The van der Waals surface area contributed by atoms with E-state index in [2.05, 4.69) is 4.90 Å². The molecule has 0 radical (unpaired) electrons. The molecule has 1 atom stereocenters. The van der Waals surface area contributed by atoms with E-state index >= 15 is 0 Å². The highest BCUT2D eigenvalue weighted by molar-refractivity contribution is 7.92. The molecule has 7 heteroatoms. The molecule has 1 aliphatic heterocycles. The molecule has 6 nitrogen and oxygen atoms in total. The second kappa shape index (κ2) is 10.2. The Kier molecular flexibility index (Phi) is 7.66. The Hall–Kier alpha value is -2.19. The first kappa shape index (κ1) is 22.5. The Morgan fingerprint density at radius 3 is 2.43 bits per heavy atom. The number of aliphatic hydroxyl groups is 1. The van der Waals surface area contributed by atoms with E-state index in [1.165, 1.54) is 15.3 Å². The standard InChI is InChI=1S/C23H30N2O4S/c1-19-8-9-23(20(2)16-19)29-18-22(26)17-24-11-13-25(14-12-24)30(27,28)15-10-21-6-4-3-5-7-21/h3-10,15-16,22,26H,11-14,17-18H2,1-2H3/b15-10+. The average molecular weight is 431 g/mol. The molecule has 0 amide bonds. The summed E-state index contributed by atoms with van der Waals surface area (Å²) in [7, 11) is -3.45. The minimum absolute atomic E-state index is 0.211. The lowest BCUT2D eigenvalue weighted by Gasteiger charge is -2.34. The van der Waals surface area contributed by atoms with E-state index < -0.39 is 16.1 Å². The maximum atomic E-state index is 12.6. The second-order valence-electron chi connectivity index (χ2n) is 7.69. The molecule has 0 bridgehead atoms. The van der Waals surface area contributed by atoms with E-state index in [-0.39, 0.29) is 6.61 Å². The number of ether oxygens (including phenoxy) is 1. The monoisotopic (exact) mass is 430 g/mol. The fraction of sp³-hybridized carbons (Fsp3) is 0.391. The molecule has 0 aromatic heterocycles. The first-order chi connectivity index (χ1) is 14.3. The summed E-state index contributed by atoms with van der Waals surface area (Å²) in [6.45, 7) is 6.67. The maximum absolute atomic E-state index is 12.6. The molecule has 30 heavy (non-hydrogen) atoms. The van der Waals surface area contributed by atoms with Crippen molar-refractivity contribution in [3.8, 4) is 5.75 Å². The zero-order chi connectivity index (χ0) is 21.6. The third-order valence-corrected chi connectivity index (χ3v) is 6.72. The van der Waals surface area contributed by atoms with Crippen LogP contribution in [0, 0.1) is 13.8 Å². The Morgan fingerprint density at radius 2 is 1.77 bits per heavy atom. The van der Waals surface area contributed by atoms with Crippen LogP contribution in [-0.4, -0.2) is 68.2 Å². The van der Waals surface area contributed by atoms with Crippen LogP contribution in [0.25, 0.3) is 6.08 Å². The molecule has 0 saturated carbocycles. The highest BCUT2D eigenvalue weighted by Crippen LogP contribution is 2.19. The van der Waals surface area contributed by atoms with Crippen LogP contribution in [0.5, 0.6) is 5.75 Å². The van der Waals surface area contributed by atoms with E-state index in [0.29, 0.717) is 32.7 Å². The fourth-order valence-electron chi connectivity index (χ4n) is 3.48. The minimum atomic E-state index is -3.45. The summed E-state index contributed by atoms with van der Waals surface area (Å²) in [4.78, 5) is 2.07. The summed E-state index contributed by atoms with van der Waals surface area (Å²) in [5, 5.41) is 11.6. The molecule has 2 aromatic rings. The Labute approximate surface area is 179 Å². The number of hydrogen-bond donors (Lipinski definition) is 1. The maximum Gasteiger partial charge on any atom is 0.236 e. The van der Waals surface area contributed by atoms with Gasteiger partial charge >= 0.3 is 0 Å². The Bertz CT molecular complexity index is 952. The summed E-state index contributed by atoms with van der Waals surface area (Å²) in [5.74, 6) is 0.778. The van der Waals surface area contributed by atoms with Crippen molar-refractivity contribution >= 4 is 16.1 Å². The van der Waals surface area contributed by atoms with Crippen molar-refractivity contribution in [2.75, 3.05) is 39.3 Å². The molecule has 1 fully saturated rings. The topological polar surface area (TPSA) is 70.1 Å².